The molecule has 2 N–H and O–H groups in total. The number of benzene rings is 2. The second kappa shape index (κ2) is 9.86. The molecule has 1 atom stereocenters. The number of aliphatic hydroxyl groups excluding tert-OH is 1. The third kappa shape index (κ3) is 4.94. The van der Waals surface area contributed by atoms with Crippen molar-refractivity contribution in [3.63, 3.8) is 0 Å². The van der Waals surface area contributed by atoms with Crippen LogP contribution in [-0.2, 0) is 16.0 Å². The van der Waals surface area contributed by atoms with Gasteiger partial charge >= 0.3 is 5.97 Å². The molecule has 0 spiro atoms. The lowest BCUT2D eigenvalue weighted by Gasteiger charge is -2.41. The number of hydrogen-bond acceptors (Lipinski definition) is 7. The summed E-state index contributed by atoms with van der Waals surface area (Å²) in [7, 11) is 0. The Balaban J connectivity index is 1.44. The van der Waals surface area contributed by atoms with Crippen LogP contribution in [0.15, 0.2) is 57.5 Å². The SMILES string of the molecule is CC(C)c1cc2ncsc2cc1SC1=C(O)CC(CCc2ccc(O)cc2)(C2CCCC2)OC1=O. The number of cyclic esters (lactones) is 1. The molecule has 0 radical (unpaired) electrons. The predicted molar refractivity (Wildman–Crippen MR) is 141 cm³/mol. The molecule has 35 heavy (non-hydrogen) atoms. The fourth-order valence-corrected chi connectivity index (χ4v) is 7.34. The number of phenols is 1. The van der Waals surface area contributed by atoms with E-state index in [4.69, 9.17) is 4.74 Å². The Bertz CT molecular complexity index is 1260. The molecule has 5 rings (SSSR count). The van der Waals surface area contributed by atoms with Gasteiger partial charge in [0.2, 0.25) is 0 Å². The summed E-state index contributed by atoms with van der Waals surface area (Å²) in [5.74, 6) is 0.465. The molecule has 0 bridgehead atoms. The largest absolute Gasteiger partial charge is 0.511 e. The molecule has 1 unspecified atom stereocenters. The summed E-state index contributed by atoms with van der Waals surface area (Å²) in [6.45, 7) is 4.25. The van der Waals surface area contributed by atoms with E-state index < -0.39 is 11.6 Å². The molecule has 2 aromatic carbocycles. The number of esters is 1. The van der Waals surface area contributed by atoms with Crippen LogP contribution in [0.3, 0.4) is 0 Å². The minimum Gasteiger partial charge on any atom is -0.511 e. The number of hydrogen-bond donors (Lipinski definition) is 2. The highest BCUT2D eigenvalue weighted by molar-refractivity contribution is 8.04. The zero-order valence-corrected chi connectivity index (χ0v) is 21.8. The van der Waals surface area contributed by atoms with Crippen molar-refractivity contribution in [3.05, 3.63) is 63.7 Å². The Morgan fingerprint density at radius 2 is 1.91 bits per heavy atom. The number of carbonyl (C=O) groups excluding carboxylic acids is 1. The molecule has 2 aliphatic rings. The molecule has 2 heterocycles. The minimum atomic E-state index is -0.692. The number of thiazole rings is 1. The number of aliphatic hydroxyl groups is 1. The Morgan fingerprint density at radius 3 is 2.60 bits per heavy atom. The van der Waals surface area contributed by atoms with Crippen LogP contribution < -0.4 is 0 Å². The first-order chi connectivity index (χ1) is 16.8. The summed E-state index contributed by atoms with van der Waals surface area (Å²) < 4.78 is 7.36. The van der Waals surface area contributed by atoms with Crippen molar-refractivity contribution in [2.45, 2.75) is 75.2 Å². The van der Waals surface area contributed by atoms with E-state index in [9.17, 15) is 15.0 Å². The van der Waals surface area contributed by atoms with Gasteiger partial charge in [0.05, 0.1) is 15.7 Å². The smallest absolute Gasteiger partial charge is 0.349 e. The lowest BCUT2D eigenvalue weighted by molar-refractivity contribution is -0.166. The fourth-order valence-electron chi connectivity index (χ4n) is 5.44. The zero-order chi connectivity index (χ0) is 24.6. The van der Waals surface area contributed by atoms with Gasteiger partial charge in [-0.2, -0.15) is 0 Å². The van der Waals surface area contributed by atoms with Crippen LogP contribution in [0.1, 0.15) is 69.4 Å². The maximum atomic E-state index is 13.4. The van der Waals surface area contributed by atoms with Gasteiger partial charge in [-0.05, 0) is 72.9 Å². The number of aryl methyl sites for hydroxylation is 1. The monoisotopic (exact) mass is 509 g/mol. The average Bonchev–Trinajstić information content (AvgIpc) is 3.53. The summed E-state index contributed by atoms with van der Waals surface area (Å²) in [4.78, 5) is 19.1. The molecule has 3 aromatic rings. The van der Waals surface area contributed by atoms with Crippen LogP contribution in [0.25, 0.3) is 10.2 Å². The van der Waals surface area contributed by atoms with Crippen molar-refractivity contribution in [1.82, 2.24) is 4.98 Å². The first-order valence-electron chi connectivity index (χ1n) is 12.3. The van der Waals surface area contributed by atoms with E-state index >= 15 is 0 Å². The number of thioether (sulfide) groups is 1. The third-order valence-corrected chi connectivity index (χ3v) is 9.35. The molecule has 1 aliphatic heterocycles. The molecule has 1 aliphatic carbocycles. The van der Waals surface area contributed by atoms with Crippen LogP contribution >= 0.6 is 23.1 Å². The zero-order valence-electron chi connectivity index (χ0n) is 20.1. The van der Waals surface area contributed by atoms with E-state index in [0.717, 1.165) is 58.3 Å². The molecule has 1 fully saturated rings. The lowest BCUT2D eigenvalue weighted by atomic mass is 9.77. The van der Waals surface area contributed by atoms with Crippen molar-refractivity contribution >= 4 is 39.3 Å². The summed E-state index contributed by atoms with van der Waals surface area (Å²) in [6, 6.07) is 11.3. The van der Waals surface area contributed by atoms with E-state index in [0.29, 0.717) is 17.7 Å². The van der Waals surface area contributed by atoms with E-state index in [1.165, 1.54) is 11.8 Å². The quantitative estimate of drug-likeness (QED) is 0.321. The number of fused-ring (bicyclic) bond motifs is 1. The van der Waals surface area contributed by atoms with Gasteiger partial charge in [-0.1, -0.05) is 50.6 Å². The first-order valence-corrected chi connectivity index (χ1v) is 14.0. The number of carbonyl (C=O) groups is 1. The van der Waals surface area contributed by atoms with Gasteiger partial charge in [0.1, 0.15) is 22.0 Å². The number of rotatable bonds is 7. The summed E-state index contributed by atoms with van der Waals surface area (Å²) in [5, 5.41) is 20.9. The second-order valence-corrected chi connectivity index (χ2v) is 12.0. The summed E-state index contributed by atoms with van der Waals surface area (Å²) in [6.07, 6.45) is 6.00. The lowest BCUT2D eigenvalue weighted by Crippen LogP contribution is -2.45. The van der Waals surface area contributed by atoms with E-state index in [2.05, 4.69) is 31.0 Å². The van der Waals surface area contributed by atoms with Gasteiger partial charge in [0, 0.05) is 11.3 Å². The van der Waals surface area contributed by atoms with Gasteiger partial charge in [0.25, 0.3) is 0 Å². The number of aromatic hydroxyl groups is 1. The first kappa shape index (κ1) is 24.2. The minimum absolute atomic E-state index is 0.142. The molecule has 5 nitrogen and oxygen atoms in total. The fraction of sp³-hybridized carbons (Fsp3) is 0.429. The Kier molecular flexibility index (Phi) is 6.82. The molecule has 0 saturated heterocycles. The Hall–Kier alpha value is -2.51. The summed E-state index contributed by atoms with van der Waals surface area (Å²) in [5.41, 5.74) is 4.30. The van der Waals surface area contributed by atoms with Crippen molar-refractivity contribution in [2.24, 2.45) is 5.92 Å². The maximum Gasteiger partial charge on any atom is 0.349 e. The number of nitrogens with zero attached hydrogens (tertiary/aromatic N) is 1. The maximum absolute atomic E-state index is 13.4. The Morgan fingerprint density at radius 1 is 1.17 bits per heavy atom. The Labute approximate surface area is 214 Å². The second-order valence-electron chi connectivity index (χ2n) is 10.0. The van der Waals surface area contributed by atoms with E-state index in [-0.39, 0.29) is 23.3 Å². The highest BCUT2D eigenvalue weighted by atomic mass is 32.2. The van der Waals surface area contributed by atoms with E-state index in [1.807, 2.05) is 17.6 Å². The van der Waals surface area contributed by atoms with Crippen LogP contribution in [0.2, 0.25) is 0 Å². The van der Waals surface area contributed by atoms with Crippen molar-refractivity contribution in [2.75, 3.05) is 0 Å². The van der Waals surface area contributed by atoms with Gasteiger partial charge in [-0.25, -0.2) is 9.78 Å². The van der Waals surface area contributed by atoms with Crippen LogP contribution in [0.5, 0.6) is 5.75 Å². The standard InChI is InChI=1S/C28H31NO4S2/c1-17(2)21-13-22-25(34-16-29-22)14-24(21)35-26-23(31)15-28(33-27(26)32,19-5-3-4-6-19)12-11-18-7-9-20(30)10-8-18/h7-10,13-14,16-17,19,30-31H,3-6,11-12,15H2,1-2H3. The van der Waals surface area contributed by atoms with Crippen molar-refractivity contribution < 1.29 is 19.7 Å². The van der Waals surface area contributed by atoms with Gasteiger partial charge in [-0.3, -0.25) is 0 Å². The molecular formula is C28H31NO4S2. The number of aromatic nitrogens is 1. The highest BCUT2D eigenvalue weighted by Gasteiger charge is 2.48. The number of phenolic OH excluding ortho intramolecular Hbond substituents is 1. The molecule has 1 saturated carbocycles. The normalized spacial score (nSPS) is 21.3. The van der Waals surface area contributed by atoms with Gasteiger partial charge < -0.3 is 14.9 Å². The van der Waals surface area contributed by atoms with Crippen molar-refractivity contribution in [1.29, 1.82) is 0 Å². The third-order valence-electron chi connectivity index (χ3n) is 7.38. The molecular weight excluding hydrogens is 478 g/mol. The molecule has 184 valence electrons. The van der Waals surface area contributed by atoms with Crippen LogP contribution in [-0.4, -0.2) is 26.8 Å². The molecule has 7 heteroatoms. The molecule has 0 amide bonds. The van der Waals surface area contributed by atoms with Crippen molar-refractivity contribution in [3.8, 4) is 5.75 Å². The van der Waals surface area contributed by atoms with E-state index in [1.54, 1.807) is 23.5 Å². The van der Waals surface area contributed by atoms with Crippen LogP contribution in [0.4, 0.5) is 0 Å². The average molecular weight is 510 g/mol. The topological polar surface area (TPSA) is 79.7 Å². The number of ether oxygens (including phenoxy) is 1. The van der Waals surface area contributed by atoms with Crippen LogP contribution in [0, 0.1) is 5.92 Å². The molecule has 1 aromatic heterocycles. The predicted octanol–water partition coefficient (Wildman–Crippen LogP) is 7.50. The summed E-state index contributed by atoms with van der Waals surface area (Å²) >= 11 is 2.89. The van der Waals surface area contributed by atoms with Gasteiger partial charge in [0.15, 0.2) is 0 Å². The highest BCUT2D eigenvalue weighted by Crippen LogP contribution is 2.48. The van der Waals surface area contributed by atoms with Gasteiger partial charge in [-0.15, -0.1) is 11.3 Å².